The molecule has 3 heteroatoms. The van der Waals surface area contributed by atoms with Crippen molar-refractivity contribution in [3.05, 3.63) is 52.5 Å². The lowest BCUT2D eigenvalue weighted by atomic mass is 9.94. The lowest BCUT2D eigenvalue weighted by Gasteiger charge is -2.41. The van der Waals surface area contributed by atoms with E-state index in [1.807, 2.05) is 11.3 Å². The third-order valence-corrected chi connectivity index (χ3v) is 7.75. The van der Waals surface area contributed by atoms with Gasteiger partial charge in [-0.05, 0) is 44.4 Å². The molecule has 2 nitrogen and oxygen atoms in total. The summed E-state index contributed by atoms with van der Waals surface area (Å²) in [5.41, 5.74) is 4.65. The molecule has 0 amide bonds. The summed E-state index contributed by atoms with van der Waals surface area (Å²) in [4.78, 5) is 5.86. The predicted molar refractivity (Wildman–Crippen MR) is 103 cm³/mol. The Labute approximate surface area is 147 Å². The second kappa shape index (κ2) is 4.89. The fourth-order valence-electron chi connectivity index (χ4n) is 5.19. The minimum atomic E-state index is 0.227. The molecule has 2 aliphatic rings. The third-order valence-electron chi connectivity index (χ3n) is 6.24. The van der Waals surface area contributed by atoms with Gasteiger partial charge in [0, 0.05) is 34.8 Å². The number of aryl methyl sites for hydroxylation is 2. The van der Waals surface area contributed by atoms with Crippen LogP contribution in [0.2, 0.25) is 0 Å². The first-order valence-electron chi connectivity index (χ1n) is 9.07. The van der Waals surface area contributed by atoms with Crippen LogP contribution in [0.25, 0.3) is 10.2 Å². The Morgan fingerprint density at radius 1 is 1.12 bits per heavy atom. The van der Waals surface area contributed by atoms with E-state index in [0.29, 0.717) is 6.04 Å². The zero-order valence-electron chi connectivity index (χ0n) is 14.7. The number of anilines is 1. The van der Waals surface area contributed by atoms with E-state index in [1.165, 1.54) is 47.2 Å². The number of hydrogen-bond donors (Lipinski definition) is 0. The maximum Gasteiger partial charge on any atom is 0.103 e. The number of para-hydroxylation sites is 1. The standard InChI is InChI=1S/C21H24N2S/c1-14-8-4-5-9-17(14)23-15(2)18-16-10-13-22(3)20(16)24-19(18)21(23)11-6-7-12-21/h4-5,8-10,13,15H,6-7,11-12H2,1-3H3/t15-/m0/s1. The Morgan fingerprint density at radius 3 is 2.62 bits per heavy atom. The van der Waals surface area contributed by atoms with E-state index in [4.69, 9.17) is 0 Å². The van der Waals surface area contributed by atoms with Gasteiger partial charge in [-0.2, -0.15) is 0 Å². The largest absolute Gasteiger partial charge is 0.354 e. The molecule has 1 spiro atoms. The van der Waals surface area contributed by atoms with Crippen molar-refractivity contribution in [1.29, 1.82) is 0 Å². The van der Waals surface area contributed by atoms with Crippen molar-refractivity contribution in [2.24, 2.45) is 7.05 Å². The smallest absolute Gasteiger partial charge is 0.103 e. The van der Waals surface area contributed by atoms with Gasteiger partial charge in [0.2, 0.25) is 0 Å². The molecule has 24 heavy (non-hydrogen) atoms. The number of hydrogen-bond acceptors (Lipinski definition) is 2. The van der Waals surface area contributed by atoms with Gasteiger partial charge in [-0.3, -0.25) is 0 Å². The van der Waals surface area contributed by atoms with Crippen LogP contribution >= 0.6 is 11.3 Å². The molecular weight excluding hydrogens is 312 g/mol. The van der Waals surface area contributed by atoms with Gasteiger partial charge in [-0.25, -0.2) is 0 Å². The first-order chi connectivity index (χ1) is 11.6. The van der Waals surface area contributed by atoms with Gasteiger partial charge in [-0.15, -0.1) is 11.3 Å². The molecule has 3 aromatic rings. The summed E-state index contributed by atoms with van der Waals surface area (Å²) in [7, 11) is 2.18. The zero-order chi connectivity index (χ0) is 16.5. The van der Waals surface area contributed by atoms with Crippen LogP contribution in [0.15, 0.2) is 36.5 Å². The van der Waals surface area contributed by atoms with E-state index >= 15 is 0 Å². The summed E-state index contributed by atoms with van der Waals surface area (Å²) >= 11 is 2.05. The van der Waals surface area contributed by atoms with E-state index in [9.17, 15) is 0 Å². The number of nitrogens with zero attached hydrogens (tertiary/aromatic N) is 2. The monoisotopic (exact) mass is 336 g/mol. The highest BCUT2D eigenvalue weighted by molar-refractivity contribution is 7.19. The van der Waals surface area contributed by atoms with E-state index in [-0.39, 0.29) is 5.54 Å². The summed E-state index contributed by atoms with van der Waals surface area (Å²) in [6.07, 6.45) is 7.51. The van der Waals surface area contributed by atoms with Crippen LogP contribution in [0.1, 0.15) is 54.7 Å². The van der Waals surface area contributed by atoms with Gasteiger partial charge in [0.25, 0.3) is 0 Å². The number of thiophene rings is 1. The van der Waals surface area contributed by atoms with Crippen LogP contribution in [0, 0.1) is 6.92 Å². The highest BCUT2D eigenvalue weighted by atomic mass is 32.1. The van der Waals surface area contributed by atoms with Gasteiger partial charge in [-0.1, -0.05) is 31.0 Å². The van der Waals surface area contributed by atoms with Crippen molar-refractivity contribution >= 4 is 27.2 Å². The molecule has 1 aromatic carbocycles. The van der Waals surface area contributed by atoms with E-state index < -0.39 is 0 Å². The second-order valence-electron chi connectivity index (χ2n) is 7.56. The van der Waals surface area contributed by atoms with Crippen molar-refractivity contribution in [2.45, 2.75) is 51.1 Å². The average molecular weight is 337 g/mol. The maximum absolute atomic E-state index is 2.77. The highest BCUT2D eigenvalue weighted by Gasteiger charge is 2.52. The topological polar surface area (TPSA) is 8.17 Å². The summed E-state index contributed by atoms with van der Waals surface area (Å²) in [6.45, 7) is 4.67. The molecule has 3 heterocycles. The number of aromatic nitrogens is 1. The molecule has 1 aliphatic heterocycles. The van der Waals surface area contributed by atoms with Crippen LogP contribution in [-0.2, 0) is 12.6 Å². The fraction of sp³-hybridized carbons (Fsp3) is 0.429. The summed E-state index contributed by atoms with van der Waals surface area (Å²) < 4.78 is 2.30. The van der Waals surface area contributed by atoms with Gasteiger partial charge >= 0.3 is 0 Å². The van der Waals surface area contributed by atoms with Crippen molar-refractivity contribution in [3.63, 3.8) is 0 Å². The quantitative estimate of drug-likeness (QED) is 0.537. The summed E-state index contributed by atoms with van der Waals surface area (Å²) in [5, 5.41) is 1.48. The molecule has 0 radical (unpaired) electrons. The Hall–Kier alpha value is -1.74. The third kappa shape index (κ3) is 1.66. The number of fused-ring (bicyclic) bond motifs is 4. The predicted octanol–water partition coefficient (Wildman–Crippen LogP) is 5.90. The Morgan fingerprint density at radius 2 is 1.88 bits per heavy atom. The average Bonchev–Trinajstić information content (AvgIpc) is 3.29. The molecule has 1 aliphatic carbocycles. The van der Waals surface area contributed by atoms with Crippen molar-refractivity contribution in [2.75, 3.05) is 4.90 Å². The van der Waals surface area contributed by atoms with Crippen LogP contribution in [0.4, 0.5) is 5.69 Å². The molecule has 2 aromatic heterocycles. The molecule has 1 atom stereocenters. The van der Waals surface area contributed by atoms with E-state index in [2.05, 4.69) is 66.9 Å². The lowest BCUT2D eigenvalue weighted by molar-refractivity contribution is 0.421. The molecule has 0 unspecified atom stereocenters. The van der Waals surface area contributed by atoms with Crippen molar-refractivity contribution < 1.29 is 0 Å². The lowest BCUT2D eigenvalue weighted by Crippen LogP contribution is -2.40. The second-order valence-corrected chi connectivity index (χ2v) is 8.56. The normalized spacial score (nSPS) is 22.0. The molecule has 5 rings (SSSR count). The fourth-order valence-corrected chi connectivity index (χ4v) is 6.76. The molecule has 0 N–H and O–H groups in total. The molecule has 1 saturated carbocycles. The van der Waals surface area contributed by atoms with Crippen molar-refractivity contribution in [1.82, 2.24) is 4.57 Å². The Bertz CT molecular complexity index is 927. The Balaban J connectivity index is 1.79. The van der Waals surface area contributed by atoms with E-state index in [0.717, 1.165) is 0 Å². The van der Waals surface area contributed by atoms with Gasteiger partial charge in [0.1, 0.15) is 4.83 Å². The molecule has 0 saturated heterocycles. The van der Waals surface area contributed by atoms with E-state index in [1.54, 1.807) is 10.4 Å². The summed E-state index contributed by atoms with van der Waals surface area (Å²) in [6, 6.07) is 11.7. The highest BCUT2D eigenvalue weighted by Crippen LogP contribution is 2.60. The van der Waals surface area contributed by atoms with Crippen LogP contribution in [0.5, 0.6) is 0 Å². The minimum Gasteiger partial charge on any atom is -0.354 e. The molecule has 124 valence electrons. The van der Waals surface area contributed by atoms with Gasteiger partial charge in [0.15, 0.2) is 0 Å². The molecular formula is C21H24N2S. The van der Waals surface area contributed by atoms with Crippen LogP contribution < -0.4 is 4.90 Å². The van der Waals surface area contributed by atoms with Crippen LogP contribution in [0.3, 0.4) is 0 Å². The molecule has 1 fully saturated rings. The number of benzene rings is 1. The minimum absolute atomic E-state index is 0.227. The first kappa shape index (κ1) is 14.6. The maximum atomic E-state index is 2.77. The van der Waals surface area contributed by atoms with Gasteiger partial charge < -0.3 is 9.47 Å². The summed E-state index contributed by atoms with van der Waals surface area (Å²) in [5.74, 6) is 0. The van der Waals surface area contributed by atoms with Gasteiger partial charge in [0.05, 0.1) is 11.6 Å². The first-order valence-corrected chi connectivity index (χ1v) is 9.88. The van der Waals surface area contributed by atoms with Crippen molar-refractivity contribution in [3.8, 4) is 0 Å². The van der Waals surface area contributed by atoms with Crippen LogP contribution in [-0.4, -0.2) is 4.57 Å². The molecule has 0 bridgehead atoms. The SMILES string of the molecule is Cc1ccccc1N1[C@@H](C)c2c(sc3c2ccn3C)C12CCCC2. The number of rotatable bonds is 1. The Kier molecular flexibility index (Phi) is 2.97. The zero-order valence-corrected chi connectivity index (χ0v) is 15.5.